The number of pyridine rings is 1. The summed E-state index contributed by atoms with van der Waals surface area (Å²) in [6.45, 7) is 5.44. The van der Waals surface area contributed by atoms with E-state index in [1.54, 1.807) is 18.6 Å². The number of rotatable bonds is 4. The van der Waals surface area contributed by atoms with Gasteiger partial charge in [0.25, 0.3) is 0 Å². The monoisotopic (exact) mass is 279 g/mol. The summed E-state index contributed by atoms with van der Waals surface area (Å²) >= 11 is 0. The summed E-state index contributed by atoms with van der Waals surface area (Å²) in [5.41, 5.74) is 2.27. The number of aromatic nitrogens is 3. The van der Waals surface area contributed by atoms with E-state index < -0.39 is 0 Å². The molecule has 0 aliphatic carbocycles. The van der Waals surface area contributed by atoms with Gasteiger partial charge in [-0.1, -0.05) is 26.0 Å². The van der Waals surface area contributed by atoms with Crippen LogP contribution < -0.4 is 9.88 Å². The zero-order valence-corrected chi connectivity index (χ0v) is 12.3. The molecule has 0 atom stereocenters. The first kappa shape index (κ1) is 13.5. The molecular weight excluding hydrogens is 260 g/mol. The van der Waals surface area contributed by atoms with Crippen LogP contribution in [0.1, 0.15) is 13.8 Å². The fourth-order valence-electron chi connectivity index (χ4n) is 2.44. The van der Waals surface area contributed by atoms with Gasteiger partial charge in [-0.2, -0.15) is 4.57 Å². The summed E-state index contributed by atoms with van der Waals surface area (Å²) in [7, 11) is 0. The average Bonchev–Trinajstić information content (AvgIpc) is 2.48. The van der Waals surface area contributed by atoms with E-state index in [1.165, 1.54) is 10.9 Å². The van der Waals surface area contributed by atoms with Crippen molar-refractivity contribution in [1.82, 2.24) is 9.97 Å². The van der Waals surface area contributed by atoms with Crippen LogP contribution in [0, 0.1) is 5.92 Å². The minimum absolute atomic E-state index is 0.588. The highest BCUT2D eigenvalue weighted by Crippen LogP contribution is 2.18. The quantitative estimate of drug-likeness (QED) is 0.745. The van der Waals surface area contributed by atoms with E-state index in [0.29, 0.717) is 5.92 Å². The first-order valence-corrected chi connectivity index (χ1v) is 7.17. The van der Waals surface area contributed by atoms with Crippen molar-refractivity contribution >= 4 is 22.4 Å². The van der Waals surface area contributed by atoms with Gasteiger partial charge in [0, 0.05) is 29.8 Å². The molecule has 4 heteroatoms. The third-order valence-corrected chi connectivity index (χ3v) is 3.25. The molecule has 106 valence electrons. The third-order valence-electron chi connectivity index (χ3n) is 3.25. The maximum Gasteiger partial charge on any atom is 0.212 e. The van der Waals surface area contributed by atoms with Crippen LogP contribution in [0.2, 0.25) is 0 Å². The fraction of sp³-hybridized carbons (Fsp3) is 0.235. The minimum Gasteiger partial charge on any atom is -0.334 e. The molecule has 0 spiro atoms. The first-order chi connectivity index (χ1) is 10.2. The molecule has 21 heavy (non-hydrogen) atoms. The Labute approximate surface area is 124 Å². The van der Waals surface area contributed by atoms with Crippen molar-refractivity contribution in [2.45, 2.75) is 20.4 Å². The van der Waals surface area contributed by atoms with Crippen LogP contribution in [0.5, 0.6) is 0 Å². The summed E-state index contributed by atoms with van der Waals surface area (Å²) in [4.78, 5) is 8.34. The molecule has 0 bridgehead atoms. The van der Waals surface area contributed by atoms with E-state index in [-0.39, 0.29) is 0 Å². The van der Waals surface area contributed by atoms with E-state index in [1.807, 2.05) is 0 Å². The predicted octanol–water partition coefficient (Wildman–Crippen LogP) is 3.32. The lowest BCUT2D eigenvalue weighted by Gasteiger charge is -2.08. The van der Waals surface area contributed by atoms with Gasteiger partial charge >= 0.3 is 0 Å². The molecule has 2 aromatic heterocycles. The van der Waals surface area contributed by atoms with E-state index >= 15 is 0 Å². The molecule has 0 amide bonds. The Kier molecular flexibility index (Phi) is 3.77. The smallest absolute Gasteiger partial charge is 0.212 e. The van der Waals surface area contributed by atoms with Crippen molar-refractivity contribution in [2.75, 3.05) is 5.32 Å². The molecule has 1 aromatic carbocycles. The zero-order valence-electron chi connectivity index (χ0n) is 12.3. The Bertz CT molecular complexity index is 738. The van der Waals surface area contributed by atoms with Gasteiger partial charge in [0.1, 0.15) is 11.5 Å². The van der Waals surface area contributed by atoms with Crippen LogP contribution >= 0.6 is 0 Å². The standard InChI is InChI=1S/C17H19N4/c1-13(2)11-21-12-15(20-17-10-18-7-8-19-17)9-14-5-3-4-6-16(14)21/h3-10,12-13H,11H2,1-2H3,(H,19,20)/q+1. The molecule has 0 saturated carbocycles. The van der Waals surface area contributed by atoms with Gasteiger partial charge in [0.15, 0.2) is 12.7 Å². The maximum atomic E-state index is 4.26. The molecule has 0 fully saturated rings. The Hall–Kier alpha value is -2.49. The lowest BCUT2D eigenvalue weighted by atomic mass is 10.1. The zero-order chi connectivity index (χ0) is 14.7. The fourth-order valence-corrected chi connectivity index (χ4v) is 2.44. The summed E-state index contributed by atoms with van der Waals surface area (Å²) < 4.78 is 2.29. The minimum atomic E-state index is 0.588. The van der Waals surface area contributed by atoms with Crippen molar-refractivity contribution in [1.29, 1.82) is 0 Å². The van der Waals surface area contributed by atoms with Crippen molar-refractivity contribution in [3.63, 3.8) is 0 Å². The predicted molar refractivity (Wildman–Crippen MR) is 84.3 cm³/mol. The van der Waals surface area contributed by atoms with E-state index in [0.717, 1.165) is 18.1 Å². The van der Waals surface area contributed by atoms with Crippen LogP contribution in [0.15, 0.2) is 55.1 Å². The van der Waals surface area contributed by atoms with Crippen LogP contribution in [0.3, 0.4) is 0 Å². The second-order valence-electron chi connectivity index (χ2n) is 5.55. The number of nitrogens with one attached hydrogen (secondary N) is 1. The van der Waals surface area contributed by atoms with Crippen LogP contribution in [0.25, 0.3) is 10.9 Å². The van der Waals surface area contributed by atoms with Gasteiger partial charge in [0.05, 0.1) is 6.20 Å². The highest BCUT2D eigenvalue weighted by Gasteiger charge is 2.13. The highest BCUT2D eigenvalue weighted by molar-refractivity contribution is 5.79. The molecule has 1 N–H and O–H groups in total. The van der Waals surface area contributed by atoms with Crippen molar-refractivity contribution in [3.8, 4) is 0 Å². The summed E-state index contributed by atoms with van der Waals surface area (Å²) in [5, 5.41) is 4.53. The first-order valence-electron chi connectivity index (χ1n) is 7.17. The largest absolute Gasteiger partial charge is 0.334 e. The molecule has 3 rings (SSSR count). The SMILES string of the molecule is CC(C)C[n+]1cc(Nc2cnccn2)cc2ccccc21. The number of hydrogen-bond acceptors (Lipinski definition) is 3. The van der Waals surface area contributed by atoms with E-state index in [2.05, 4.69) is 70.2 Å². The van der Waals surface area contributed by atoms with E-state index in [9.17, 15) is 0 Å². The molecule has 0 radical (unpaired) electrons. The Morgan fingerprint density at radius 1 is 1.19 bits per heavy atom. The molecule has 0 unspecified atom stereocenters. The number of benzene rings is 1. The van der Waals surface area contributed by atoms with Crippen LogP contribution in [-0.4, -0.2) is 9.97 Å². The summed E-state index contributed by atoms with van der Waals surface area (Å²) in [5.74, 6) is 1.34. The molecule has 0 saturated heterocycles. The maximum absolute atomic E-state index is 4.26. The molecular formula is C17H19N4+. The second kappa shape index (κ2) is 5.87. The molecule has 0 aliphatic heterocycles. The lowest BCUT2D eigenvalue weighted by molar-refractivity contribution is -0.676. The second-order valence-corrected chi connectivity index (χ2v) is 5.55. The third kappa shape index (κ3) is 3.16. The van der Waals surface area contributed by atoms with Crippen molar-refractivity contribution in [3.05, 3.63) is 55.1 Å². The van der Waals surface area contributed by atoms with E-state index in [4.69, 9.17) is 0 Å². The van der Waals surface area contributed by atoms with Gasteiger partial charge in [-0.15, -0.1) is 0 Å². The number of anilines is 2. The normalized spacial score (nSPS) is 11.0. The Balaban J connectivity index is 2.03. The van der Waals surface area contributed by atoms with Gasteiger partial charge in [-0.3, -0.25) is 4.98 Å². The van der Waals surface area contributed by atoms with Gasteiger partial charge in [-0.05, 0) is 12.1 Å². The van der Waals surface area contributed by atoms with Gasteiger partial charge < -0.3 is 5.32 Å². The summed E-state index contributed by atoms with van der Waals surface area (Å²) in [6, 6.07) is 10.6. The number of fused-ring (bicyclic) bond motifs is 1. The molecule has 2 heterocycles. The summed E-state index contributed by atoms with van der Waals surface area (Å²) in [6.07, 6.45) is 7.22. The van der Waals surface area contributed by atoms with Gasteiger partial charge in [-0.25, -0.2) is 4.98 Å². The van der Waals surface area contributed by atoms with Crippen LogP contribution in [0.4, 0.5) is 11.5 Å². The number of para-hydroxylation sites is 1. The topological polar surface area (TPSA) is 41.7 Å². The van der Waals surface area contributed by atoms with Crippen molar-refractivity contribution in [2.24, 2.45) is 5.92 Å². The van der Waals surface area contributed by atoms with Crippen LogP contribution in [-0.2, 0) is 6.54 Å². The lowest BCUT2D eigenvalue weighted by Crippen LogP contribution is -2.37. The number of hydrogen-bond donors (Lipinski definition) is 1. The molecule has 0 aliphatic rings. The average molecular weight is 279 g/mol. The molecule has 4 nitrogen and oxygen atoms in total. The van der Waals surface area contributed by atoms with Gasteiger partial charge in [0.2, 0.25) is 5.52 Å². The molecule has 3 aromatic rings. The Morgan fingerprint density at radius 3 is 2.81 bits per heavy atom. The number of nitrogens with zero attached hydrogens (tertiary/aromatic N) is 3. The highest BCUT2D eigenvalue weighted by atomic mass is 15.0. The van der Waals surface area contributed by atoms with Crippen molar-refractivity contribution < 1.29 is 4.57 Å². The Morgan fingerprint density at radius 2 is 2.05 bits per heavy atom.